The van der Waals surface area contributed by atoms with Gasteiger partial charge >= 0.3 is 5.43 Å². The van der Waals surface area contributed by atoms with Gasteiger partial charge in [0, 0.05) is 12.1 Å². The molecule has 1 aliphatic rings. The van der Waals surface area contributed by atoms with Crippen molar-refractivity contribution < 1.29 is 9.53 Å². The van der Waals surface area contributed by atoms with Crippen molar-refractivity contribution in [2.45, 2.75) is 13.8 Å². The summed E-state index contributed by atoms with van der Waals surface area (Å²) in [6.45, 7) is 3.83. The molecular weight excluding hydrogens is 188 g/mol. The molecule has 2 rings (SSSR count). The normalized spacial score (nSPS) is 14.3. The minimum absolute atomic E-state index is 0.265. The van der Waals surface area contributed by atoms with Crippen LogP contribution in [0.1, 0.15) is 25.0 Å². The second-order valence-electron chi connectivity index (χ2n) is 3.61. The van der Waals surface area contributed by atoms with Gasteiger partial charge in [-0.05, 0) is 49.3 Å². The average Bonchev–Trinajstić information content (AvgIpc) is 2.39. The fourth-order valence-electron chi connectivity index (χ4n) is 1.61. The van der Waals surface area contributed by atoms with Crippen molar-refractivity contribution in [1.29, 1.82) is 0 Å². The highest BCUT2D eigenvalue weighted by atomic mass is 16.5. The van der Waals surface area contributed by atoms with Gasteiger partial charge in [-0.2, -0.15) is 0 Å². The molecule has 1 heterocycles. The maximum atomic E-state index is 9.38. The van der Waals surface area contributed by atoms with E-state index in [4.69, 9.17) is 4.74 Å². The zero-order chi connectivity index (χ0) is 10.8. The number of hydrogen-bond donors (Lipinski definition) is 0. The lowest BCUT2D eigenvalue weighted by atomic mass is 10.1. The molecule has 0 unspecified atom stereocenters. The van der Waals surface area contributed by atoms with Crippen molar-refractivity contribution in [1.82, 2.24) is 0 Å². The van der Waals surface area contributed by atoms with E-state index in [9.17, 15) is 4.79 Å². The lowest BCUT2D eigenvalue weighted by molar-refractivity contribution is 0.318. The van der Waals surface area contributed by atoms with E-state index in [2.05, 4.69) is 0 Å². The van der Waals surface area contributed by atoms with Crippen LogP contribution in [0.15, 0.2) is 35.8 Å². The molecule has 0 aromatic heterocycles. The van der Waals surface area contributed by atoms with Crippen molar-refractivity contribution in [2.75, 3.05) is 0 Å². The molecule has 0 amide bonds. The Morgan fingerprint density at radius 3 is 1.80 bits per heavy atom. The van der Waals surface area contributed by atoms with E-state index >= 15 is 0 Å². The topological polar surface area (TPSA) is 30.6 Å². The highest BCUT2D eigenvalue weighted by Crippen LogP contribution is 2.21. The number of hydrogen-bond acceptors (Lipinski definition) is 1. The molecule has 2 heteroatoms. The van der Waals surface area contributed by atoms with Crippen LogP contribution in [-0.4, -0.2) is 4.79 Å². The maximum Gasteiger partial charge on any atom is 0.340 e. The summed E-state index contributed by atoms with van der Waals surface area (Å²) in [6, 6.07) is 7.12. The van der Waals surface area contributed by atoms with Gasteiger partial charge in [0.2, 0.25) is 0 Å². The van der Waals surface area contributed by atoms with Crippen LogP contribution in [0, 0.1) is 0 Å². The first-order chi connectivity index (χ1) is 7.15. The van der Waals surface area contributed by atoms with Crippen molar-refractivity contribution >= 4 is 12.2 Å². The van der Waals surface area contributed by atoms with E-state index in [1.807, 2.05) is 38.1 Å². The predicted octanol–water partition coefficient (Wildman–Crippen LogP) is 2.44. The molecule has 0 saturated heterocycles. The summed E-state index contributed by atoms with van der Waals surface area (Å²) in [4.78, 5) is 9.38. The highest BCUT2D eigenvalue weighted by molar-refractivity contribution is 5.67. The third kappa shape index (κ3) is 2.15. The van der Waals surface area contributed by atoms with E-state index in [0.717, 1.165) is 22.6 Å². The third-order valence-electron chi connectivity index (χ3n) is 2.24. The van der Waals surface area contributed by atoms with Gasteiger partial charge in [-0.15, -0.1) is 0 Å². The Morgan fingerprint density at radius 1 is 0.867 bits per heavy atom. The molecule has 2 nitrogen and oxygen atoms in total. The summed E-state index contributed by atoms with van der Waals surface area (Å²) < 4.78 is 5.51. The maximum absolute atomic E-state index is 9.38. The van der Waals surface area contributed by atoms with Gasteiger partial charge in [0.15, 0.2) is 0 Å². The molecule has 76 valence electrons. The van der Waals surface area contributed by atoms with Crippen molar-refractivity contribution in [3.63, 3.8) is 0 Å². The molecule has 0 spiro atoms. The Hall–Kier alpha value is -1.83. The molecule has 0 aliphatic carbocycles. The van der Waals surface area contributed by atoms with Crippen molar-refractivity contribution in [2.24, 2.45) is 0 Å². The van der Waals surface area contributed by atoms with E-state index in [1.165, 1.54) is 0 Å². The smallest absolute Gasteiger partial charge is 0.340 e. The fourth-order valence-corrected chi connectivity index (χ4v) is 1.61. The van der Waals surface area contributed by atoms with Crippen molar-refractivity contribution in [3.8, 4) is 0 Å². The average molecular weight is 201 g/mol. The van der Waals surface area contributed by atoms with Crippen LogP contribution >= 0.6 is 0 Å². The van der Waals surface area contributed by atoms with Gasteiger partial charge in [0.1, 0.15) is 11.5 Å². The van der Waals surface area contributed by atoms with Crippen LogP contribution in [-0.2, 0) is 4.74 Å². The molecular formula is C13H13O2+. The first kappa shape index (κ1) is 9.71. The molecule has 1 N–H and O–H groups in total. The monoisotopic (exact) mass is 201 g/mol. The molecule has 1 aromatic rings. The van der Waals surface area contributed by atoms with E-state index in [1.54, 1.807) is 12.1 Å². The van der Waals surface area contributed by atoms with E-state index in [-0.39, 0.29) is 5.43 Å². The Bertz CT molecular complexity index is 466. The molecule has 0 fully saturated rings. The zero-order valence-electron chi connectivity index (χ0n) is 8.82. The van der Waals surface area contributed by atoms with Crippen LogP contribution in [0.5, 0.6) is 0 Å². The standard InChI is InChI=1S/C13H12O2/c1-9-7-11-3-5-13(14)6-4-12(11)8-10(2)15-9/h3-8H,1-2H3/p+1. The summed E-state index contributed by atoms with van der Waals surface area (Å²) in [5.74, 6) is 1.71. The summed E-state index contributed by atoms with van der Waals surface area (Å²) in [6.07, 6.45) is 3.92. The highest BCUT2D eigenvalue weighted by Gasteiger charge is 2.05. The second kappa shape index (κ2) is 3.73. The second-order valence-corrected chi connectivity index (χ2v) is 3.61. The largest absolute Gasteiger partial charge is 0.467 e. The summed E-state index contributed by atoms with van der Waals surface area (Å²) in [5.41, 5.74) is 2.36. The SMILES string of the molecule is CC1=Cc2ccc(=[OH+])ccc2C=C(C)O1. The van der Waals surface area contributed by atoms with Gasteiger partial charge in [0.25, 0.3) is 0 Å². The molecule has 1 aliphatic heterocycles. The Labute approximate surface area is 88.5 Å². The van der Waals surface area contributed by atoms with Gasteiger partial charge in [-0.25, -0.2) is 0 Å². The van der Waals surface area contributed by atoms with E-state index < -0.39 is 0 Å². The number of ether oxygens (including phenoxy) is 1. The first-order valence-electron chi connectivity index (χ1n) is 4.86. The van der Waals surface area contributed by atoms with Crippen molar-refractivity contribution in [3.05, 3.63) is 52.3 Å². The predicted molar refractivity (Wildman–Crippen MR) is 59.9 cm³/mol. The quantitative estimate of drug-likeness (QED) is 0.593. The fraction of sp³-hybridized carbons (Fsp3) is 0.154. The summed E-state index contributed by atoms with van der Waals surface area (Å²) in [7, 11) is 0. The molecule has 15 heavy (non-hydrogen) atoms. The molecule has 0 atom stereocenters. The molecule has 0 radical (unpaired) electrons. The Morgan fingerprint density at radius 2 is 1.33 bits per heavy atom. The Kier molecular flexibility index (Phi) is 2.42. The van der Waals surface area contributed by atoms with Gasteiger partial charge in [-0.1, -0.05) is 0 Å². The lowest BCUT2D eigenvalue weighted by Gasteiger charge is -2.01. The van der Waals surface area contributed by atoms with Crippen LogP contribution in [0.25, 0.3) is 12.2 Å². The minimum atomic E-state index is 0.265. The van der Waals surface area contributed by atoms with Gasteiger partial charge in [0.05, 0.1) is 0 Å². The van der Waals surface area contributed by atoms with Crippen LogP contribution < -0.4 is 5.43 Å². The Balaban J connectivity index is 2.71. The van der Waals surface area contributed by atoms with Crippen LogP contribution in [0.3, 0.4) is 0 Å². The summed E-state index contributed by atoms with van der Waals surface area (Å²) in [5, 5.41) is 0. The zero-order valence-corrected chi connectivity index (χ0v) is 8.82. The molecule has 1 aromatic carbocycles. The summed E-state index contributed by atoms with van der Waals surface area (Å²) >= 11 is 0. The molecule has 0 saturated carbocycles. The lowest BCUT2D eigenvalue weighted by Crippen LogP contribution is -1.91. The van der Waals surface area contributed by atoms with Gasteiger partial charge in [-0.3, -0.25) is 4.79 Å². The number of rotatable bonds is 0. The number of allylic oxidation sites excluding steroid dienone is 2. The minimum Gasteiger partial charge on any atom is -0.467 e. The third-order valence-corrected chi connectivity index (χ3v) is 2.24. The van der Waals surface area contributed by atoms with Crippen LogP contribution in [0.4, 0.5) is 0 Å². The van der Waals surface area contributed by atoms with E-state index in [0.29, 0.717) is 0 Å². The van der Waals surface area contributed by atoms with Gasteiger partial charge < -0.3 is 4.74 Å². The molecule has 0 bridgehead atoms. The van der Waals surface area contributed by atoms with Crippen LogP contribution in [0.2, 0.25) is 0 Å². The number of fused-ring (bicyclic) bond motifs is 1. The first-order valence-corrected chi connectivity index (χ1v) is 4.86.